The number of amides is 2. The van der Waals surface area contributed by atoms with Crippen LogP contribution in [0.15, 0.2) is 41.8 Å². The van der Waals surface area contributed by atoms with Crippen LogP contribution in [0.3, 0.4) is 0 Å². The van der Waals surface area contributed by atoms with E-state index in [0.29, 0.717) is 6.54 Å². The van der Waals surface area contributed by atoms with Crippen LogP contribution in [0, 0.1) is 10.1 Å². The van der Waals surface area contributed by atoms with E-state index in [1.807, 2.05) is 36.5 Å². The smallest absolute Gasteiger partial charge is 0.319 e. The molecule has 0 aliphatic heterocycles. The highest BCUT2D eigenvalue weighted by atomic mass is 32.1. The van der Waals surface area contributed by atoms with Crippen LogP contribution in [0.1, 0.15) is 10.9 Å². The highest BCUT2D eigenvalue weighted by Gasteiger charge is 2.18. The Hall–Kier alpha value is -2.45. The molecule has 23 heavy (non-hydrogen) atoms. The van der Waals surface area contributed by atoms with Crippen molar-refractivity contribution in [2.75, 3.05) is 26.0 Å². The molecule has 0 bridgehead atoms. The highest BCUT2D eigenvalue weighted by molar-refractivity contribution is 7.10. The van der Waals surface area contributed by atoms with Crippen molar-refractivity contribution in [3.8, 4) is 0 Å². The lowest BCUT2D eigenvalue weighted by Crippen LogP contribution is -2.36. The lowest BCUT2D eigenvalue weighted by atomic mass is 10.2. The summed E-state index contributed by atoms with van der Waals surface area (Å²) in [5, 5.41) is 18.2. The van der Waals surface area contributed by atoms with Crippen LogP contribution >= 0.6 is 11.3 Å². The van der Waals surface area contributed by atoms with Gasteiger partial charge in [0.15, 0.2) is 0 Å². The Labute approximate surface area is 138 Å². The van der Waals surface area contributed by atoms with Gasteiger partial charge in [-0.05, 0) is 31.6 Å². The first-order valence-corrected chi connectivity index (χ1v) is 7.85. The van der Waals surface area contributed by atoms with E-state index in [1.165, 1.54) is 12.1 Å². The predicted octanol–water partition coefficient (Wildman–Crippen LogP) is 3.08. The maximum Gasteiger partial charge on any atom is 0.319 e. The Morgan fingerprint density at radius 3 is 2.65 bits per heavy atom. The molecule has 2 amide bonds. The maximum absolute atomic E-state index is 12.0. The number of likely N-dealkylation sites (N-methyl/N-ethyl adjacent to an activating group) is 1. The Morgan fingerprint density at radius 1 is 1.30 bits per heavy atom. The Kier molecular flexibility index (Phi) is 5.67. The number of hydrogen-bond acceptors (Lipinski definition) is 5. The second-order valence-corrected chi connectivity index (χ2v) is 6.08. The number of urea groups is 1. The lowest BCUT2D eigenvalue weighted by molar-refractivity contribution is -0.383. The molecule has 0 aliphatic carbocycles. The van der Waals surface area contributed by atoms with Gasteiger partial charge in [-0.2, -0.15) is 0 Å². The predicted molar refractivity (Wildman–Crippen MR) is 90.9 cm³/mol. The van der Waals surface area contributed by atoms with E-state index in [1.54, 1.807) is 23.5 Å². The van der Waals surface area contributed by atoms with Crippen LogP contribution in [0.4, 0.5) is 16.2 Å². The molecule has 1 atom stereocenters. The van der Waals surface area contributed by atoms with Crippen molar-refractivity contribution in [3.63, 3.8) is 0 Å². The summed E-state index contributed by atoms with van der Waals surface area (Å²) in [6, 6.07) is 9.59. The average molecular weight is 334 g/mol. The number of para-hydroxylation sites is 2. The van der Waals surface area contributed by atoms with Gasteiger partial charge in [0.05, 0.1) is 11.0 Å². The second kappa shape index (κ2) is 7.70. The fraction of sp³-hybridized carbons (Fsp3) is 0.267. The zero-order valence-corrected chi connectivity index (χ0v) is 13.7. The molecule has 2 N–H and O–H groups in total. The first-order chi connectivity index (χ1) is 11.0. The van der Waals surface area contributed by atoms with Crippen LogP contribution in [-0.4, -0.2) is 36.5 Å². The van der Waals surface area contributed by atoms with Crippen LogP contribution in [0.2, 0.25) is 0 Å². The third-order valence-corrected chi connectivity index (χ3v) is 4.27. The number of nitrogens with one attached hydrogen (secondary N) is 2. The van der Waals surface area contributed by atoms with E-state index in [9.17, 15) is 14.9 Å². The van der Waals surface area contributed by atoms with Crippen molar-refractivity contribution in [2.24, 2.45) is 0 Å². The lowest BCUT2D eigenvalue weighted by Gasteiger charge is -2.23. The van der Waals surface area contributed by atoms with E-state index in [2.05, 4.69) is 10.6 Å². The topological polar surface area (TPSA) is 87.5 Å². The molecule has 1 aromatic carbocycles. The summed E-state index contributed by atoms with van der Waals surface area (Å²) < 4.78 is 0. The molecule has 0 saturated heterocycles. The summed E-state index contributed by atoms with van der Waals surface area (Å²) in [5.74, 6) is 0. The number of thiophene rings is 1. The minimum Gasteiger partial charge on any atom is -0.336 e. The molecule has 1 aromatic heterocycles. The van der Waals surface area contributed by atoms with Crippen molar-refractivity contribution in [2.45, 2.75) is 6.04 Å². The number of rotatable bonds is 6. The van der Waals surface area contributed by atoms with E-state index in [0.717, 1.165) is 4.88 Å². The number of nitro groups is 1. The average Bonchev–Trinajstić information content (AvgIpc) is 3.01. The van der Waals surface area contributed by atoms with Crippen LogP contribution in [0.25, 0.3) is 0 Å². The van der Waals surface area contributed by atoms with Crippen molar-refractivity contribution in [1.29, 1.82) is 0 Å². The third-order valence-electron chi connectivity index (χ3n) is 3.30. The third kappa shape index (κ3) is 4.51. The van der Waals surface area contributed by atoms with Crippen molar-refractivity contribution >= 4 is 28.7 Å². The molecule has 1 unspecified atom stereocenters. The van der Waals surface area contributed by atoms with E-state index < -0.39 is 11.0 Å². The van der Waals surface area contributed by atoms with Gasteiger partial charge in [0.2, 0.25) is 0 Å². The Morgan fingerprint density at radius 2 is 2.04 bits per heavy atom. The molecule has 2 aromatic rings. The van der Waals surface area contributed by atoms with Crippen LogP contribution in [-0.2, 0) is 0 Å². The van der Waals surface area contributed by atoms with Gasteiger partial charge in [0.1, 0.15) is 5.69 Å². The molecule has 0 radical (unpaired) electrons. The van der Waals surface area contributed by atoms with E-state index in [4.69, 9.17) is 0 Å². The molecular formula is C15H18N4O3S. The molecule has 0 saturated carbocycles. The molecule has 0 fully saturated rings. The molecular weight excluding hydrogens is 316 g/mol. The molecule has 0 aliphatic rings. The maximum atomic E-state index is 12.0. The van der Waals surface area contributed by atoms with Gasteiger partial charge in [0.25, 0.3) is 5.69 Å². The van der Waals surface area contributed by atoms with Crippen molar-refractivity contribution in [3.05, 3.63) is 56.8 Å². The Bertz CT molecular complexity index is 673. The molecule has 0 spiro atoms. The minimum atomic E-state index is -0.524. The zero-order chi connectivity index (χ0) is 16.8. The molecule has 122 valence electrons. The summed E-state index contributed by atoms with van der Waals surface area (Å²) in [5.41, 5.74) is 0.0394. The molecule has 2 rings (SSSR count). The van der Waals surface area contributed by atoms with E-state index in [-0.39, 0.29) is 17.4 Å². The Balaban J connectivity index is 1.99. The number of carbonyl (C=O) groups is 1. The van der Waals surface area contributed by atoms with Gasteiger partial charge in [-0.3, -0.25) is 10.1 Å². The summed E-state index contributed by atoms with van der Waals surface area (Å²) in [6.07, 6.45) is 0. The summed E-state index contributed by atoms with van der Waals surface area (Å²) in [7, 11) is 3.87. The largest absolute Gasteiger partial charge is 0.336 e. The van der Waals surface area contributed by atoms with Gasteiger partial charge >= 0.3 is 6.03 Å². The normalized spacial score (nSPS) is 12.0. The number of carbonyl (C=O) groups excluding carboxylic acids is 1. The van der Waals surface area contributed by atoms with E-state index >= 15 is 0 Å². The number of hydrogen-bond donors (Lipinski definition) is 2. The van der Waals surface area contributed by atoms with Crippen LogP contribution in [0.5, 0.6) is 0 Å². The first-order valence-electron chi connectivity index (χ1n) is 6.97. The molecule has 1 heterocycles. The monoisotopic (exact) mass is 334 g/mol. The number of nitro benzene ring substituents is 1. The number of anilines is 1. The summed E-state index contributed by atoms with van der Waals surface area (Å²) in [4.78, 5) is 25.6. The SMILES string of the molecule is CN(C)C(CNC(=O)Nc1ccccc1[N+](=O)[O-])c1cccs1. The fourth-order valence-electron chi connectivity index (χ4n) is 2.11. The van der Waals surface area contributed by atoms with Gasteiger partial charge in [-0.1, -0.05) is 18.2 Å². The van der Waals surface area contributed by atoms with Crippen molar-refractivity contribution < 1.29 is 9.72 Å². The molecule has 7 nitrogen and oxygen atoms in total. The minimum absolute atomic E-state index is 0.0477. The quantitative estimate of drug-likeness (QED) is 0.628. The molecule has 8 heteroatoms. The zero-order valence-electron chi connectivity index (χ0n) is 12.9. The van der Waals surface area contributed by atoms with Gasteiger partial charge in [-0.25, -0.2) is 4.79 Å². The van der Waals surface area contributed by atoms with Gasteiger partial charge < -0.3 is 15.5 Å². The summed E-state index contributed by atoms with van der Waals surface area (Å²) in [6.45, 7) is 0.403. The van der Waals surface area contributed by atoms with Gasteiger partial charge in [0, 0.05) is 17.5 Å². The second-order valence-electron chi connectivity index (χ2n) is 5.10. The standard InChI is InChI=1S/C15H18N4O3S/c1-18(2)13(14-8-5-9-23-14)10-16-15(20)17-11-6-3-4-7-12(11)19(21)22/h3-9,13H,10H2,1-2H3,(H2,16,17,20). The van der Waals surface area contributed by atoms with Crippen molar-refractivity contribution in [1.82, 2.24) is 10.2 Å². The van der Waals surface area contributed by atoms with Crippen LogP contribution < -0.4 is 10.6 Å². The van der Waals surface area contributed by atoms with Gasteiger partial charge in [-0.15, -0.1) is 11.3 Å². The highest BCUT2D eigenvalue weighted by Crippen LogP contribution is 2.24. The number of nitrogens with zero attached hydrogens (tertiary/aromatic N) is 2. The number of benzene rings is 1. The first kappa shape index (κ1) is 16.9. The summed E-state index contributed by atoms with van der Waals surface area (Å²) >= 11 is 1.62. The fourth-order valence-corrected chi connectivity index (χ4v) is 3.04.